The van der Waals surface area contributed by atoms with Crippen molar-refractivity contribution in [1.82, 2.24) is 4.90 Å². The van der Waals surface area contributed by atoms with Gasteiger partial charge in [0.05, 0.1) is 0 Å². The van der Waals surface area contributed by atoms with Gasteiger partial charge in [-0.25, -0.2) is 0 Å². The van der Waals surface area contributed by atoms with Crippen LogP contribution in [0.1, 0.15) is 39.0 Å². The van der Waals surface area contributed by atoms with Crippen LogP contribution < -0.4 is 5.73 Å². The molecule has 0 spiro atoms. The van der Waals surface area contributed by atoms with Crippen molar-refractivity contribution >= 4 is 0 Å². The lowest BCUT2D eigenvalue weighted by Crippen LogP contribution is -2.49. The standard InChI is InChI=1S/C13H26N2/c1-2-11(4-3-7-14)8-15-9-13(10-15)12-5-6-12/h11-13H,2-10,14H2,1H3. The third kappa shape index (κ3) is 3.18. The van der Waals surface area contributed by atoms with E-state index >= 15 is 0 Å². The van der Waals surface area contributed by atoms with E-state index in [2.05, 4.69) is 11.8 Å². The molecule has 0 amide bonds. The Kier molecular flexibility index (Phi) is 4.04. The highest BCUT2D eigenvalue weighted by molar-refractivity contribution is 4.91. The van der Waals surface area contributed by atoms with Crippen molar-refractivity contribution in [3.63, 3.8) is 0 Å². The summed E-state index contributed by atoms with van der Waals surface area (Å²) >= 11 is 0. The topological polar surface area (TPSA) is 29.3 Å². The van der Waals surface area contributed by atoms with Gasteiger partial charge >= 0.3 is 0 Å². The van der Waals surface area contributed by atoms with Crippen LogP contribution in [0, 0.1) is 17.8 Å². The first kappa shape index (κ1) is 11.4. The second kappa shape index (κ2) is 5.31. The molecule has 88 valence electrons. The molecule has 0 radical (unpaired) electrons. The lowest BCUT2D eigenvalue weighted by molar-refractivity contribution is 0.0654. The predicted molar refractivity (Wildman–Crippen MR) is 64.7 cm³/mol. The van der Waals surface area contributed by atoms with Crippen molar-refractivity contribution in [3.05, 3.63) is 0 Å². The summed E-state index contributed by atoms with van der Waals surface area (Å²) < 4.78 is 0. The minimum absolute atomic E-state index is 0.862. The molecule has 1 aliphatic heterocycles. The molecule has 1 heterocycles. The van der Waals surface area contributed by atoms with Crippen LogP contribution in [0.2, 0.25) is 0 Å². The third-order valence-corrected chi connectivity index (χ3v) is 4.18. The molecule has 1 atom stereocenters. The zero-order valence-electron chi connectivity index (χ0n) is 10.1. The van der Waals surface area contributed by atoms with Gasteiger partial charge in [0.25, 0.3) is 0 Å². The number of rotatable bonds is 7. The largest absolute Gasteiger partial charge is 0.330 e. The Morgan fingerprint density at radius 2 is 2.00 bits per heavy atom. The van der Waals surface area contributed by atoms with Gasteiger partial charge in [-0.05, 0) is 50.0 Å². The molecule has 1 aliphatic carbocycles. The molecule has 2 nitrogen and oxygen atoms in total. The highest BCUT2D eigenvalue weighted by atomic mass is 15.2. The fraction of sp³-hybridized carbons (Fsp3) is 1.00. The van der Waals surface area contributed by atoms with Gasteiger partial charge in [-0.3, -0.25) is 0 Å². The van der Waals surface area contributed by atoms with E-state index in [1.165, 1.54) is 51.7 Å². The van der Waals surface area contributed by atoms with Crippen molar-refractivity contribution in [2.45, 2.75) is 39.0 Å². The van der Waals surface area contributed by atoms with Crippen LogP contribution in [-0.4, -0.2) is 31.1 Å². The third-order valence-electron chi connectivity index (χ3n) is 4.18. The van der Waals surface area contributed by atoms with Crippen LogP contribution in [0.5, 0.6) is 0 Å². The SMILES string of the molecule is CCC(CCCN)CN1CC(C2CC2)C1. The number of nitrogens with zero attached hydrogens (tertiary/aromatic N) is 1. The molecular formula is C13H26N2. The van der Waals surface area contributed by atoms with Crippen LogP contribution >= 0.6 is 0 Å². The first-order valence-electron chi connectivity index (χ1n) is 6.76. The molecule has 0 aromatic heterocycles. The minimum Gasteiger partial charge on any atom is -0.330 e. The van der Waals surface area contributed by atoms with Gasteiger partial charge in [0.15, 0.2) is 0 Å². The summed E-state index contributed by atoms with van der Waals surface area (Å²) in [6.45, 7) is 7.30. The summed E-state index contributed by atoms with van der Waals surface area (Å²) in [4.78, 5) is 2.66. The van der Waals surface area contributed by atoms with Crippen LogP contribution in [0.3, 0.4) is 0 Å². The molecule has 1 saturated carbocycles. The lowest BCUT2D eigenvalue weighted by Gasteiger charge is -2.41. The fourth-order valence-corrected chi connectivity index (χ4v) is 2.82. The highest BCUT2D eigenvalue weighted by Gasteiger charge is 2.39. The van der Waals surface area contributed by atoms with E-state index < -0.39 is 0 Å². The van der Waals surface area contributed by atoms with Crippen molar-refractivity contribution in [2.24, 2.45) is 23.5 Å². The second-order valence-electron chi connectivity index (χ2n) is 5.52. The summed E-state index contributed by atoms with van der Waals surface area (Å²) in [5.74, 6) is 3.08. The molecular weight excluding hydrogens is 184 g/mol. The van der Waals surface area contributed by atoms with Crippen LogP contribution in [0.15, 0.2) is 0 Å². The van der Waals surface area contributed by atoms with E-state index in [4.69, 9.17) is 5.73 Å². The van der Waals surface area contributed by atoms with Gasteiger partial charge in [0.1, 0.15) is 0 Å². The zero-order valence-corrected chi connectivity index (χ0v) is 10.1. The Morgan fingerprint density at radius 1 is 1.27 bits per heavy atom. The molecule has 0 aromatic carbocycles. The molecule has 1 unspecified atom stereocenters. The number of nitrogens with two attached hydrogens (primary N) is 1. The summed E-state index contributed by atoms with van der Waals surface area (Å²) in [7, 11) is 0. The fourth-order valence-electron chi connectivity index (χ4n) is 2.82. The van der Waals surface area contributed by atoms with Gasteiger partial charge in [-0.2, -0.15) is 0 Å². The smallest absolute Gasteiger partial charge is 0.00248 e. The van der Waals surface area contributed by atoms with Gasteiger partial charge < -0.3 is 10.6 Å². The van der Waals surface area contributed by atoms with Crippen LogP contribution in [0.4, 0.5) is 0 Å². The molecule has 0 bridgehead atoms. The van der Waals surface area contributed by atoms with Gasteiger partial charge in [-0.1, -0.05) is 13.3 Å². The average molecular weight is 210 g/mol. The van der Waals surface area contributed by atoms with Crippen LogP contribution in [-0.2, 0) is 0 Å². The van der Waals surface area contributed by atoms with E-state index in [0.717, 1.165) is 24.3 Å². The van der Waals surface area contributed by atoms with Crippen LogP contribution in [0.25, 0.3) is 0 Å². The number of hydrogen-bond acceptors (Lipinski definition) is 2. The Bertz CT molecular complexity index is 183. The van der Waals surface area contributed by atoms with Gasteiger partial charge in [0.2, 0.25) is 0 Å². The summed E-state index contributed by atoms with van der Waals surface area (Å²) in [5.41, 5.74) is 5.57. The Morgan fingerprint density at radius 3 is 2.53 bits per heavy atom. The van der Waals surface area contributed by atoms with E-state index in [1.807, 2.05) is 0 Å². The summed E-state index contributed by atoms with van der Waals surface area (Å²) in [6, 6.07) is 0. The molecule has 0 aromatic rings. The maximum absolute atomic E-state index is 5.57. The lowest BCUT2D eigenvalue weighted by atomic mass is 9.91. The normalized spacial score (nSPS) is 25.2. The van der Waals surface area contributed by atoms with E-state index in [-0.39, 0.29) is 0 Å². The predicted octanol–water partition coefficient (Wildman–Crippen LogP) is 2.09. The molecule has 1 saturated heterocycles. The molecule has 2 fully saturated rings. The number of likely N-dealkylation sites (tertiary alicyclic amines) is 1. The zero-order chi connectivity index (χ0) is 10.7. The van der Waals surface area contributed by atoms with Crippen molar-refractivity contribution in [2.75, 3.05) is 26.2 Å². The molecule has 2 aliphatic rings. The number of hydrogen-bond donors (Lipinski definition) is 1. The van der Waals surface area contributed by atoms with Crippen molar-refractivity contribution in [1.29, 1.82) is 0 Å². The van der Waals surface area contributed by atoms with E-state index in [1.54, 1.807) is 0 Å². The average Bonchev–Trinajstić information content (AvgIpc) is 2.99. The van der Waals surface area contributed by atoms with Crippen molar-refractivity contribution < 1.29 is 0 Å². The second-order valence-corrected chi connectivity index (χ2v) is 5.52. The maximum atomic E-state index is 5.57. The molecule has 2 rings (SSSR count). The monoisotopic (exact) mass is 210 g/mol. The molecule has 2 heteroatoms. The first-order valence-corrected chi connectivity index (χ1v) is 6.76. The quantitative estimate of drug-likeness (QED) is 0.697. The van der Waals surface area contributed by atoms with Gasteiger partial charge in [0, 0.05) is 19.6 Å². The molecule has 15 heavy (non-hydrogen) atoms. The van der Waals surface area contributed by atoms with Gasteiger partial charge in [-0.15, -0.1) is 0 Å². The van der Waals surface area contributed by atoms with E-state index in [9.17, 15) is 0 Å². The first-order chi connectivity index (χ1) is 7.33. The summed E-state index contributed by atoms with van der Waals surface area (Å²) in [6.07, 6.45) is 6.90. The van der Waals surface area contributed by atoms with Crippen molar-refractivity contribution in [3.8, 4) is 0 Å². The maximum Gasteiger partial charge on any atom is 0.00248 e. The highest BCUT2D eigenvalue weighted by Crippen LogP contribution is 2.41. The Hall–Kier alpha value is -0.0800. The molecule has 2 N–H and O–H groups in total. The minimum atomic E-state index is 0.862. The van der Waals surface area contributed by atoms with E-state index in [0.29, 0.717) is 0 Å². The summed E-state index contributed by atoms with van der Waals surface area (Å²) in [5, 5.41) is 0. The Balaban J connectivity index is 1.59. The Labute approximate surface area is 94.2 Å².